The summed E-state index contributed by atoms with van der Waals surface area (Å²) < 4.78 is 5.66. The van der Waals surface area contributed by atoms with Crippen molar-refractivity contribution in [3.63, 3.8) is 0 Å². The van der Waals surface area contributed by atoms with Crippen molar-refractivity contribution in [1.29, 1.82) is 0 Å². The predicted octanol–water partition coefficient (Wildman–Crippen LogP) is 3.35. The zero-order valence-corrected chi connectivity index (χ0v) is 10.3. The third-order valence-electron chi connectivity index (χ3n) is 2.60. The fourth-order valence-electron chi connectivity index (χ4n) is 1.54. The maximum atomic E-state index is 8.64. The maximum Gasteiger partial charge on any atom is 0.119 e. The van der Waals surface area contributed by atoms with Crippen LogP contribution in [0, 0.1) is 0 Å². The van der Waals surface area contributed by atoms with Gasteiger partial charge in [-0.15, -0.1) is 0 Å². The molecule has 0 saturated heterocycles. The number of ether oxygens (including phenoxy) is 1. The summed E-state index contributed by atoms with van der Waals surface area (Å²) in [7, 11) is 0. The number of hydrogen-bond acceptors (Lipinski definition) is 2. The standard InChI is InChI=1S/C14H22O2/c1-12(2)13-7-6-8-14(11-13)16-10-5-3-4-9-15/h6-8,11-12,15H,3-5,9-10H2,1-2H3. The molecule has 0 radical (unpaired) electrons. The van der Waals surface area contributed by atoms with Gasteiger partial charge >= 0.3 is 0 Å². The highest BCUT2D eigenvalue weighted by atomic mass is 16.5. The second-order valence-corrected chi connectivity index (χ2v) is 4.36. The lowest BCUT2D eigenvalue weighted by molar-refractivity contribution is 0.266. The van der Waals surface area contributed by atoms with E-state index in [0.29, 0.717) is 5.92 Å². The minimum atomic E-state index is 0.281. The van der Waals surface area contributed by atoms with Gasteiger partial charge in [-0.2, -0.15) is 0 Å². The van der Waals surface area contributed by atoms with Crippen LogP contribution in [-0.4, -0.2) is 18.3 Å². The fraction of sp³-hybridized carbons (Fsp3) is 0.571. The molecular formula is C14H22O2. The summed E-state index contributed by atoms with van der Waals surface area (Å²) in [6, 6.07) is 8.27. The summed E-state index contributed by atoms with van der Waals surface area (Å²) in [5, 5.41) is 8.64. The van der Waals surface area contributed by atoms with Crippen LogP contribution < -0.4 is 4.74 Å². The van der Waals surface area contributed by atoms with Crippen LogP contribution in [0.1, 0.15) is 44.6 Å². The number of aliphatic hydroxyl groups is 1. The Kier molecular flexibility index (Phi) is 5.94. The zero-order valence-electron chi connectivity index (χ0n) is 10.3. The molecule has 90 valence electrons. The maximum absolute atomic E-state index is 8.64. The predicted molar refractivity (Wildman–Crippen MR) is 67.0 cm³/mol. The minimum absolute atomic E-state index is 0.281. The molecule has 1 aromatic carbocycles. The molecule has 0 aliphatic rings. The van der Waals surface area contributed by atoms with E-state index in [1.807, 2.05) is 12.1 Å². The van der Waals surface area contributed by atoms with Gasteiger partial charge < -0.3 is 9.84 Å². The van der Waals surface area contributed by atoms with Gasteiger partial charge in [-0.25, -0.2) is 0 Å². The van der Waals surface area contributed by atoms with E-state index in [0.717, 1.165) is 31.6 Å². The lowest BCUT2D eigenvalue weighted by Crippen LogP contribution is -1.98. The van der Waals surface area contributed by atoms with Crippen molar-refractivity contribution in [1.82, 2.24) is 0 Å². The molecule has 2 nitrogen and oxygen atoms in total. The Bertz CT molecular complexity index is 295. The van der Waals surface area contributed by atoms with Crippen LogP contribution in [-0.2, 0) is 0 Å². The summed E-state index contributed by atoms with van der Waals surface area (Å²) in [4.78, 5) is 0. The molecule has 0 atom stereocenters. The average molecular weight is 222 g/mol. The number of aliphatic hydroxyl groups excluding tert-OH is 1. The van der Waals surface area contributed by atoms with Crippen molar-refractivity contribution >= 4 is 0 Å². The van der Waals surface area contributed by atoms with E-state index in [2.05, 4.69) is 26.0 Å². The molecule has 0 spiro atoms. The molecule has 1 rings (SSSR count). The molecule has 0 aromatic heterocycles. The SMILES string of the molecule is CC(C)c1cccc(OCCCCCO)c1. The number of benzene rings is 1. The second-order valence-electron chi connectivity index (χ2n) is 4.36. The van der Waals surface area contributed by atoms with E-state index in [4.69, 9.17) is 9.84 Å². The van der Waals surface area contributed by atoms with Crippen molar-refractivity contribution in [3.8, 4) is 5.75 Å². The van der Waals surface area contributed by atoms with Gasteiger partial charge in [0.25, 0.3) is 0 Å². The molecule has 1 N–H and O–H groups in total. The second kappa shape index (κ2) is 7.29. The summed E-state index contributed by atoms with van der Waals surface area (Å²) in [6.45, 7) is 5.38. The topological polar surface area (TPSA) is 29.5 Å². The lowest BCUT2D eigenvalue weighted by atomic mass is 10.0. The molecule has 2 heteroatoms. The van der Waals surface area contributed by atoms with Crippen molar-refractivity contribution in [3.05, 3.63) is 29.8 Å². The number of hydrogen-bond donors (Lipinski definition) is 1. The van der Waals surface area contributed by atoms with Gasteiger partial charge in [0.2, 0.25) is 0 Å². The molecule has 16 heavy (non-hydrogen) atoms. The van der Waals surface area contributed by atoms with Gasteiger partial charge in [-0.3, -0.25) is 0 Å². The first-order valence-electron chi connectivity index (χ1n) is 6.07. The number of unbranched alkanes of at least 4 members (excludes halogenated alkanes) is 2. The molecular weight excluding hydrogens is 200 g/mol. The van der Waals surface area contributed by atoms with Crippen LogP contribution in [0.15, 0.2) is 24.3 Å². The normalized spacial score (nSPS) is 10.8. The molecule has 0 heterocycles. The van der Waals surface area contributed by atoms with E-state index in [-0.39, 0.29) is 6.61 Å². The van der Waals surface area contributed by atoms with E-state index in [9.17, 15) is 0 Å². The summed E-state index contributed by atoms with van der Waals surface area (Å²) >= 11 is 0. The van der Waals surface area contributed by atoms with Gasteiger partial charge in [0.1, 0.15) is 5.75 Å². The molecule has 0 bridgehead atoms. The summed E-state index contributed by atoms with van der Waals surface area (Å²) in [6.07, 6.45) is 2.90. The van der Waals surface area contributed by atoms with Gasteiger partial charge in [0.15, 0.2) is 0 Å². The average Bonchev–Trinajstić information content (AvgIpc) is 2.29. The zero-order chi connectivity index (χ0) is 11.8. The first-order chi connectivity index (χ1) is 7.74. The molecule has 0 saturated carbocycles. The quantitative estimate of drug-likeness (QED) is 0.717. The highest BCUT2D eigenvalue weighted by Crippen LogP contribution is 2.20. The Hall–Kier alpha value is -1.02. The van der Waals surface area contributed by atoms with Crippen molar-refractivity contribution in [2.45, 2.75) is 39.0 Å². The van der Waals surface area contributed by atoms with Crippen molar-refractivity contribution in [2.24, 2.45) is 0 Å². The van der Waals surface area contributed by atoms with Gasteiger partial charge in [-0.05, 0) is 42.9 Å². The van der Waals surface area contributed by atoms with Crippen molar-refractivity contribution < 1.29 is 9.84 Å². The first-order valence-corrected chi connectivity index (χ1v) is 6.07. The molecule has 0 aliphatic heterocycles. The third-order valence-corrected chi connectivity index (χ3v) is 2.60. The van der Waals surface area contributed by atoms with Crippen LogP contribution in [0.2, 0.25) is 0 Å². The summed E-state index contributed by atoms with van der Waals surface area (Å²) in [5.41, 5.74) is 1.31. The minimum Gasteiger partial charge on any atom is -0.494 e. The third kappa shape index (κ3) is 4.67. The van der Waals surface area contributed by atoms with E-state index in [1.165, 1.54) is 5.56 Å². The Morgan fingerprint density at radius 3 is 2.69 bits per heavy atom. The Morgan fingerprint density at radius 1 is 1.19 bits per heavy atom. The smallest absolute Gasteiger partial charge is 0.119 e. The highest BCUT2D eigenvalue weighted by molar-refractivity contribution is 5.30. The molecule has 0 aliphatic carbocycles. The monoisotopic (exact) mass is 222 g/mol. The van der Waals surface area contributed by atoms with Gasteiger partial charge in [-0.1, -0.05) is 26.0 Å². The summed E-state index contributed by atoms with van der Waals surface area (Å²) in [5.74, 6) is 1.49. The van der Waals surface area contributed by atoms with E-state index in [1.54, 1.807) is 0 Å². The number of rotatable bonds is 7. The Balaban J connectivity index is 2.33. The fourth-order valence-corrected chi connectivity index (χ4v) is 1.54. The largest absolute Gasteiger partial charge is 0.494 e. The first kappa shape index (κ1) is 13.0. The van der Waals surface area contributed by atoms with Gasteiger partial charge in [0.05, 0.1) is 6.61 Å². The van der Waals surface area contributed by atoms with Crippen LogP contribution in [0.3, 0.4) is 0 Å². The van der Waals surface area contributed by atoms with Crippen LogP contribution in [0.5, 0.6) is 5.75 Å². The van der Waals surface area contributed by atoms with E-state index < -0.39 is 0 Å². The molecule has 0 unspecified atom stereocenters. The lowest BCUT2D eigenvalue weighted by Gasteiger charge is -2.09. The molecule has 1 aromatic rings. The molecule has 0 fully saturated rings. The highest BCUT2D eigenvalue weighted by Gasteiger charge is 2.00. The Morgan fingerprint density at radius 2 is 2.00 bits per heavy atom. The van der Waals surface area contributed by atoms with Crippen LogP contribution in [0.25, 0.3) is 0 Å². The Labute approximate surface area is 98.3 Å². The van der Waals surface area contributed by atoms with Crippen molar-refractivity contribution in [2.75, 3.05) is 13.2 Å². The van der Waals surface area contributed by atoms with E-state index >= 15 is 0 Å². The van der Waals surface area contributed by atoms with Crippen LogP contribution in [0.4, 0.5) is 0 Å². The van der Waals surface area contributed by atoms with Crippen LogP contribution >= 0.6 is 0 Å². The molecule has 0 amide bonds. The van der Waals surface area contributed by atoms with Gasteiger partial charge in [0, 0.05) is 6.61 Å².